The van der Waals surface area contributed by atoms with Gasteiger partial charge in [0.05, 0.1) is 23.7 Å². The number of hydrogen-bond acceptors (Lipinski definition) is 7. The van der Waals surface area contributed by atoms with Crippen molar-refractivity contribution in [3.05, 3.63) is 46.4 Å². The van der Waals surface area contributed by atoms with Crippen molar-refractivity contribution in [3.8, 4) is 0 Å². The number of halogens is 1. The molecule has 2 N–H and O–H groups in total. The molecule has 4 aliphatic rings. The quantitative estimate of drug-likeness (QED) is 0.741. The second kappa shape index (κ2) is 8.51. The topological polar surface area (TPSA) is 82.6 Å². The van der Waals surface area contributed by atoms with Crippen LogP contribution < -0.4 is 10.6 Å². The summed E-state index contributed by atoms with van der Waals surface area (Å²) in [5.41, 5.74) is 3.81. The van der Waals surface area contributed by atoms with Gasteiger partial charge < -0.3 is 25.2 Å². The summed E-state index contributed by atoms with van der Waals surface area (Å²) in [7, 11) is 0. The van der Waals surface area contributed by atoms with Crippen LogP contribution in [-0.2, 0) is 9.53 Å². The first kappa shape index (κ1) is 20.3. The highest BCUT2D eigenvalue weighted by Crippen LogP contribution is 2.38. The van der Waals surface area contributed by atoms with Crippen molar-refractivity contribution in [2.75, 3.05) is 31.6 Å². The third-order valence-corrected chi connectivity index (χ3v) is 6.62. The number of rotatable bonds is 4. The highest BCUT2D eigenvalue weighted by molar-refractivity contribution is 6.30. The summed E-state index contributed by atoms with van der Waals surface area (Å²) < 4.78 is 5.86. The monoisotopic (exact) mass is 442 g/mol. The minimum Gasteiger partial charge on any atom is -0.351 e. The van der Waals surface area contributed by atoms with E-state index in [1.807, 2.05) is 11.0 Å². The molecule has 9 heteroatoms. The molecule has 0 aromatic carbocycles. The van der Waals surface area contributed by atoms with Crippen LogP contribution in [0.2, 0.25) is 0 Å². The zero-order valence-corrected chi connectivity index (χ0v) is 18.4. The number of carbonyl (C=O) groups excluding carboxylic acids is 1. The Morgan fingerprint density at radius 3 is 2.94 bits per heavy atom. The first-order valence-corrected chi connectivity index (χ1v) is 11.3. The van der Waals surface area contributed by atoms with E-state index < -0.39 is 0 Å². The number of ether oxygens (including phenoxy) is 1. The number of nitrogens with zero attached hydrogens (tertiary/aromatic N) is 4. The van der Waals surface area contributed by atoms with E-state index in [2.05, 4.69) is 32.7 Å². The predicted octanol–water partition coefficient (Wildman–Crippen LogP) is 2.63. The lowest BCUT2D eigenvalue weighted by molar-refractivity contribution is -0.129. The van der Waals surface area contributed by atoms with E-state index in [0.29, 0.717) is 12.6 Å². The van der Waals surface area contributed by atoms with Gasteiger partial charge in [-0.25, -0.2) is 9.97 Å². The van der Waals surface area contributed by atoms with Crippen LogP contribution in [0.15, 0.2) is 40.7 Å². The fourth-order valence-corrected chi connectivity index (χ4v) is 4.84. The summed E-state index contributed by atoms with van der Waals surface area (Å²) in [5, 5.41) is 7.81. The largest absolute Gasteiger partial charge is 0.351 e. The maximum atomic E-state index is 11.6. The number of carbonyl (C=O) groups is 1. The summed E-state index contributed by atoms with van der Waals surface area (Å²) in [4.78, 5) is 25.0. The van der Waals surface area contributed by atoms with Crippen molar-refractivity contribution in [1.82, 2.24) is 25.1 Å². The molecular formula is C22H27ClN6O2. The summed E-state index contributed by atoms with van der Waals surface area (Å²) in [6.07, 6.45) is 9.40. The van der Waals surface area contributed by atoms with Crippen LogP contribution in [0.1, 0.15) is 38.3 Å². The molecule has 31 heavy (non-hydrogen) atoms. The molecule has 164 valence electrons. The van der Waals surface area contributed by atoms with Crippen molar-refractivity contribution >= 4 is 29.2 Å². The normalized spacial score (nSPS) is 24.0. The molecule has 1 aromatic heterocycles. The van der Waals surface area contributed by atoms with E-state index in [0.717, 1.165) is 73.0 Å². The Balaban J connectivity index is 1.41. The Kier molecular flexibility index (Phi) is 5.58. The first-order valence-electron chi connectivity index (χ1n) is 10.9. The number of piperidine rings is 1. The molecule has 0 saturated carbocycles. The molecule has 0 spiro atoms. The van der Waals surface area contributed by atoms with Gasteiger partial charge >= 0.3 is 0 Å². The second-order valence-corrected chi connectivity index (χ2v) is 8.69. The number of fused-ring (bicyclic) bond motifs is 1. The minimum atomic E-state index is -0.195. The van der Waals surface area contributed by atoms with Gasteiger partial charge in [-0.05, 0) is 31.7 Å². The van der Waals surface area contributed by atoms with Crippen molar-refractivity contribution in [2.45, 2.75) is 45.0 Å². The number of hydrogen-bond donors (Lipinski definition) is 2. The Morgan fingerprint density at radius 1 is 1.32 bits per heavy atom. The molecule has 1 unspecified atom stereocenters. The maximum Gasteiger partial charge on any atom is 0.223 e. The number of anilines is 1. The Bertz CT molecular complexity index is 967. The molecule has 2 saturated heterocycles. The minimum absolute atomic E-state index is 0.136. The van der Waals surface area contributed by atoms with E-state index in [9.17, 15) is 4.79 Å². The smallest absolute Gasteiger partial charge is 0.223 e. The fraction of sp³-hybridized carbons (Fsp3) is 0.500. The molecule has 3 aliphatic heterocycles. The van der Waals surface area contributed by atoms with E-state index in [1.165, 1.54) is 0 Å². The van der Waals surface area contributed by atoms with Gasteiger partial charge in [0.15, 0.2) is 0 Å². The summed E-state index contributed by atoms with van der Waals surface area (Å²) >= 11 is 6.59. The number of likely N-dealkylation sites (tertiary alicyclic amines) is 1. The lowest BCUT2D eigenvalue weighted by Gasteiger charge is -2.31. The molecule has 1 amide bonds. The van der Waals surface area contributed by atoms with Gasteiger partial charge in [0, 0.05) is 49.4 Å². The van der Waals surface area contributed by atoms with Gasteiger partial charge in [-0.3, -0.25) is 4.79 Å². The van der Waals surface area contributed by atoms with E-state index in [4.69, 9.17) is 21.3 Å². The van der Waals surface area contributed by atoms with Gasteiger partial charge in [0.2, 0.25) is 18.2 Å². The standard InChI is InChI=1S/C22H27ClN6O2/c1-14(30)28-10-7-15(8-11-28)25-21-24-9-6-18(26-21)20-19(16-4-2-3-5-17(16)23)27-22-29(20)12-13-31-22/h2,4,6,9,15,22,27H,3,5,7-8,10-13H2,1H3,(H,24,25,26). The molecular weight excluding hydrogens is 416 g/mol. The van der Waals surface area contributed by atoms with Crippen LogP contribution in [0.3, 0.4) is 0 Å². The van der Waals surface area contributed by atoms with Crippen LogP contribution in [0.5, 0.6) is 0 Å². The summed E-state index contributed by atoms with van der Waals surface area (Å²) in [5.74, 6) is 0.741. The van der Waals surface area contributed by atoms with E-state index in [-0.39, 0.29) is 18.3 Å². The van der Waals surface area contributed by atoms with Crippen LogP contribution in [-0.4, -0.2) is 64.3 Å². The van der Waals surface area contributed by atoms with Crippen LogP contribution in [0, 0.1) is 0 Å². The number of allylic oxidation sites excluding steroid dienone is 3. The van der Waals surface area contributed by atoms with Gasteiger partial charge in [0.1, 0.15) is 0 Å². The van der Waals surface area contributed by atoms with Crippen molar-refractivity contribution in [3.63, 3.8) is 0 Å². The molecule has 2 fully saturated rings. The molecule has 1 aliphatic carbocycles. The fourth-order valence-electron chi connectivity index (χ4n) is 4.57. The predicted molar refractivity (Wildman–Crippen MR) is 119 cm³/mol. The van der Waals surface area contributed by atoms with Gasteiger partial charge in [0.25, 0.3) is 0 Å². The molecule has 5 rings (SSSR count). The zero-order chi connectivity index (χ0) is 21.4. The van der Waals surface area contributed by atoms with Crippen molar-refractivity contribution in [2.24, 2.45) is 0 Å². The molecule has 0 bridgehead atoms. The van der Waals surface area contributed by atoms with E-state index in [1.54, 1.807) is 13.1 Å². The number of aromatic nitrogens is 2. The van der Waals surface area contributed by atoms with Crippen LogP contribution in [0.25, 0.3) is 5.70 Å². The van der Waals surface area contributed by atoms with Crippen molar-refractivity contribution < 1.29 is 9.53 Å². The first-order chi connectivity index (χ1) is 15.1. The maximum absolute atomic E-state index is 11.6. The van der Waals surface area contributed by atoms with Gasteiger partial charge in [-0.2, -0.15) is 0 Å². The second-order valence-electron chi connectivity index (χ2n) is 8.23. The molecule has 0 radical (unpaired) electrons. The molecule has 1 aromatic rings. The Labute approximate surface area is 187 Å². The number of amides is 1. The van der Waals surface area contributed by atoms with Crippen molar-refractivity contribution in [1.29, 1.82) is 0 Å². The Hall–Kier alpha value is -2.58. The third-order valence-electron chi connectivity index (χ3n) is 6.23. The molecule has 4 heterocycles. The van der Waals surface area contributed by atoms with Crippen LogP contribution in [0.4, 0.5) is 5.95 Å². The van der Waals surface area contributed by atoms with Gasteiger partial charge in [-0.15, -0.1) is 0 Å². The Morgan fingerprint density at radius 2 is 2.16 bits per heavy atom. The van der Waals surface area contributed by atoms with Gasteiger partial charge in [-0.1, -0.05) is 23.8 Å². The summed E-state index contributed by atoms with van der Waals surface area (Å²) in [6.45, 7) is 4.61. The van der Waals surface area contributed by atoms with Crippen LogP contribution >= 0.6 is 11.6 Å². The summed E-state index contributed by atoms with van der Waals surface area (Å²) in [6, 6.07) is 2.18. The molecule has 8 nitrogen and oxygen atoms in total. The van der Waals surface area contributed by atoms with E-state index >= 15 is 0 Å². The lowest BCUT2D eigenvalue weighted by Crippen LogP contribution is -2.41. The zero-order valence-electron chi connectivity index (χ0n) is 17.6. The SMILES string of the molecule is CC(=O)N1CCC(Nc2nccc(C3=C(C4=C(Cl)CCC=C4)NC4OCCN34)n2)CC1. The highest BCUT2D eigenvalue weighted by Gasteiger charge is 2.38. The molecule has 1 atom stereocenters. The lowest BCUT2D eigenvalue weighted by atomic mass is 10.0. The average Bonchev–Trinajstić information content (AvgIpc) is 3.36. The highest BCUT2D eigenvalue weighted by atomic mass is 35.5. The average molecular weight is 443 g/mol. The third kappa shape index (κ3) is 4.02. The number of nitrogens with one attached hydrogen (secondary N) is 2.